The number of aromatic nitrogens is 1. The molecule has 0 aliphatic heterocycles. The largest absolute Gasteiger partial charge is 0.478 e. The molecule has 0 fully saturated rings. The van der Waals surface area contributed by atoms with Gasteiger partial charge in [0.25, 0.3) is 0 Å². The number of carboxylic acids is 1. The summed E-state index contributed by atoms with van der Waals surface area (Å²) in [6, 6.07) is 3.26. The zero-order valence-corrected chi connectivity index (χ0v) is 9.45. The molecule has 82 valence electrons. The molecule has 1 N–H and O–H groups in total. The van der Waals surface area contributed by atoms with Gasteiger partial charge in [0.1, 0.15) is 0 Å². The van der Waals surface area contributed by atoms with E-state index in [4.69, 9.17) is 9.84 Å². The summed E-state index contributed by atoms with van der Waals surface area (Å²) in [5.41, 5.74) is 0.207. The van der Waals surface area contributed by atoms with Crippen LogP contribution in [0.15, 0.2) is 23.4 Å². The van der Waals surface area contributed by atoms with Crippen molar-refractivity contribution < 1.29 is 14.6 Å². The molecule has 1 unspecified atom stereocenters. The van der Waals surface area contributed by atoms with E-state index < -0.39 is 5.97 Å². The molecule has 0 amide bonds. The van der Waals surface area contributed by atoms with E-state index in [1.807, 2.05) is 6.92 Å². The molecule has 0 saturated carbocycles. The van der Waals surface area contributed by atoms with Gasteiger partial charge in [0, 0.05) is 18.6 Å². The standard InChI is InChI=1S/C10H13NO3S/c1-7(6-14-2)15-9-4-3-8(5-11-9)10(12)13/h3-5,7H,6H2,1-2H3,(H,12,13). The number of carboxylic acid groups (broad SMARTS) is 1. The van der Waals surface area contributed by atoms with Crippen LogP contribution in [0.5, 0.6) is 0 Å². The van der Waals surface area contributed by atoms with Gasteiger partial charge in [-0.2, -0.15) is 0 Å². The quantitative estimate of drug-likeness (QED) is 0.778. The minimum atomic E-state index is -0.955. The lowest BCUT2D eigenvalue weighted by Crippen LogP contribution is -2.05. The van der Waals surface area contributed by atoms with Gasteiger partial charge in [-0.05, 0) is 12.1 Å². The summed E-state index contributed by atoms with van der Waals surface area (Å²) in [5, 5.41) is 9.79. The molecule has 1 aromatic rings. The number of rotatable bonds is 5. The van der Waals surface area contributed by atoms with Crippen LogP contribution in [-0.4, -0.2) is 35.0 Å². The van der Waals surface area contributed by atoms with Crippen LogP contribution in [-0.2, 0) is 4.74 Å². The fraction of sp³-hybridized carbons (Fsp3) is 0.400. The van der Waals surface area contributed by atoms with Gasteiger partial charge in [0.2, 0.25) is 0 Å². The van der Waals surface area contributed by atoms with Gasteiger partial charge in [0.15, 0.2) is 0 Å². The third kappa shape index (κ3) is 3.89. The Morgan fingerprint density at radius 2 is 2.40 bits per heavy atom. The van der Waals surface area contributed by atoms with E-state index in [-0.39, 0.29) is 5.56 Å². The molecule has 5 heteroatoms. The molecule has 4 nitrogen and oxygen atoms in total. The molecule has 0 spiro atoms. The summed E-state index contributed by atoms with van der Waals surface area (Å²) < 4.78 is 5.00. The smallest absolute Gasteiger partial charge is 0.337 e. The average molecular weight is 227 g/mol. The van der Waals surface area contributed by atoms with Gasteiger partial charge in [-0.15, -0.1) is 11.8 Å². The number of hydrogen-bond donors (Lipinski definition) is 1. The normalized spacial score (nSPS) is 12.4. The molecule has 0 saturated heterocycles. The summed E-state index contributed by atoms with van der Waals surface area (Å²) in [6.07, 6.45) is 1.37. The number of hydrogen-bond acceptors (Lipinski definition) is 4. The first-order valence-corrected chi connectivity index (χ1v) is 5.36. The van der Waals surface area contributed by atoms with E-state index in [0.717, 1.165) is 5.03 Å². The van der Waals surface area contributed by atoms with Crippen molar-refractivity contribution in [3.8, 4) is 0 Å². The number of pyridine rings is 1. The van der Waals surface area contributed by atoms with Gasteiger partial charge in [-0.1, -0.05) is 6.92 Å². The Morgan fingerprint density at radius 1 is 1.67 bits per heavy atom. The Bertz CT molecular complexity index is 326. The molecule has 1 aromatic heterocycles. The molecular weight excluding hydrogens is 214 g/mol. The minimum Gasteiger partial charge on any atom is -0.478 e. The lowest BCUT2D eigenvalue weighted by atomic mass is 10.3. The molecule has 1 heterocycles. The Morgan fingerprint density at radius 3 is 2.87 bits per heavy atom. The van der Waals surface area contributed by atoms with Gasteiger partial charge < -0.3 is 9.84 Å². The summed E-state index contributed by atoms with van der Waals surface area (Å²) >= 11 is 1.56. The highest BCUT2D eigenvalue weighted by Crippen LogP contribution is 2.20. The third-order valence-corrected chi connectivity index (χ3v) is 2.73. The van der Waals surface area contributed by atoms with E-state index in [0.29, 0.717) is 11.9 Å². The molecule has 0 aliphatic carbocycles. The number of carbonyl (C=O) groups is 1. The zero-order chi connectivity index (χ0) is 11.3. The second-order valence-electron chi connectivity index (χ2n) is 3.07. The first-order valence-electron chi connectivity index (χ1n) is 4.48. The number of nitrogens with zero attached hydrogens (tertiary/aromatic N) is 1. The average Bonchev–Trinajstić information content (AvgIpc) is 2.18. The van der Waals surface area contributed by atoms with Crippen molar-refractivity contribution >= 4 is 17.7 Å². The Hall–Kier alpha value is -1.07. The fourth-order valence-corrected chi connectivity index (χ4v) is 1.93. The van der Waals surface area contributed by atoms with Gasteiger partial charge in [-0.3, -0.25) is 0 Å². The molecule has 15 heavy (non-hydrogen) atoms. The first kappa shape index (κ1) is 12.0. The maximum atomic E-state index is 10.6. The first-order chi connectivity index (χ1) is 7.13. The predicted octanol–water partition coefficient (Wildman–Crippen LogP) is 1.91. The number of aromatic carboxylic acids is 1. The summed E-state index contributed by atoms with van der Waals surface area (Å²) in [5.74, 6) is -0.955. The van der Waals surface area contributed by atoms with E-state index in [2.05, 4.69) is 4.98 Å². The Labute approximate surface area is 92.7 Å². The number of ether oxygens (including phenoxy) is 1. The highest BCUT2D eigenvalue weighted by molar-refractivity contribution is 7.99. The van der Waals surface area contributed by atoms with Crippen molar-refractivity contribution in [2.75, 3.05) is 13.7 Å². The van der Waals surface area contributed by atoms with Gasteiger partial charge in [-0.25, -0.2) is 9.78 Å². The number of methoxy groups -OCH3 is 1. The van der Waals surface area contributed by atoms with E-state index in [1.165, 1.54) is 6.20 Å². The van der Waals surface area contributed by atoms with Crippen LogP contribution in [0, 0.1) is 0 Å². The fourth-order valence-electron chi connectivity index (χ4n) is 1.05. The summed E-state index contributed by atoms with van der Waals surface area (Å²) in [6.45, 7) is 2.67. The van der Waals surface area contributed by atoms with E-state index in [1.54, 1.807) is 31.0 Å². The van der Waals surface area contributed by atoms with Gasteiger partial charge in [0.05, 0.1) is 17.2 Å². The molecular formula is C10H13NO3S. The van der Waals surface area contributed by atoms with Crippen LogP contribution in [0.4, 0.5) is 0 Å². The van der Waals surface area contributed by atoms with Gasteiger partial charge >= 0.3 is 5.97 Å². The predicted molar refractivity (Wildman–Crippen MR) is 58.4 cm³/mol. The molecule has 0 aliphatic rings. The lowest BCUT2D eigenvalue weighted by molar-refractivity contribution is 0.0696. The van der Waals surface area contributed by atoms with Crippen molar-refractivity contribution in [1.82, 2.24) is 4.98 Å². The summed E-state index contributed by atoms with van der Waals surface area (Å²) in [4.78, 5) is 14.6. The third-order valence-electron chi connectivity index (χ3n) is 1.71. The highest BCUT2D eigenvalue weighted by atomic mass is 32.2. The molecule has 0 aromatic carbocycles. The van der Waals surface area contributed by atoms with E-state index >= 15 is 0 Å². The zero-order valence-electron chi connectivity index (χ0n) is 8.64. The van der Waals surface area contributed by atoms with Crippen molar-refractivity contribution in [3.63, 3.8) is 0 Å². The SMILES string of the molecule is COCC(C)Sc1ccc(C(=O)O)cn1. The number of thioether (sulfide) groups is 1. The minimum absolute atomic E-state index is 0.207. The van der Waals surface area contributed by atoms with Crippen molar-refractivity contribution in [1.29, 1.82) is 0 Å². The second-order valence-corrected chi connectivity index (χ2v) is 4.53. The Balaban J connectivity index is 2.60. The topological polar surface area (TPSA) is 59.4 Å². The van der Waals surface area contributed by atoms with Crippen LogP contribution >= 0.6 is 11.8 Å². The van der Waals surface area contributed by atoms with Crippen molar-refractivity contribution in [2.24, 2.45) is 0 Å². The maximum Gasteiger partial charge on any atom is 0.337 e. The lowest BCUT2D eigenvalue weighted by Gasteiger charge is -2.08. The second kappa shape index (κ2) is 5.72. The van der Waals surface area contributed by atoms with Crippen LogP contribution < -0.4 is 0 Å². The van der Waals surface area contributed by atoms with E-state index in [9.17, 15) is 4.79 Å². The van der Waals surface area contributed by atoms with Crippen LogP contribution in [0.25, 0.3) is 0 Å². The van der Waals surface area contributed by atoms with Crippen molar-refractivity contribution in [2.45, 2.75) is 17.2 Å². The molecule has 0 bridgehead atoms. The monoisotopic (exact) mass is 227 g/mol. The van der Waals surface area contributed by atoms with Crippen LogP contribution in [0.1, 0.15) is 17.3 Å². The molecule has 1 rings (SSSR count). The summed E-state index contributed by atoms with van der Waals surface area (Å²) in [7, 11) is 1.65. The van der Waals surface area contributed by atoms with Crippen LogP contribution in [0.3, 0.4) is 0 Å². The van der Waals surface area contributed by atoms with Crippen molar-refractivity contribution in [3.05, 3.63) is 23.9 Å². The Kier molecular flexibility index (Phi) is 4.58. The highest BCUT2D eigenvalue weighted by Gasteiger charge is 2.07. The molecule has 0 radical (unpaired) electrons. The molecule has 1 atom stereocenters. The van der Waals surface area contributed by atoms with Crippen LogP contribution in [0.2, 0.25) is 0 Å². The maximum absolute atomic E-state index is 10.6.